The van der Waals surface area contributed by atoms with Crippen LogP contribution in [-0.4, -0.2) is 52.5 Å². The SMILES string of the molecule is Cc1c(F)nnc(N2CCN(C(=O)OC(C)(C)C)[C@@H](C)C2)c1C. The highest BCUT2D eigenvalue weighted by atomic mass is 19.1. The third-order valence-corrected chi connectivity index (χ3v) is 3.99. The molecule has 1 aliphatic heterocycles. The minimum Gasteiger partial charge on any atom is -0.444 e. The van der Waals surface area contributed by atoms with Gasteiger partial charge in [0.1, 0.15) is 5.60 Å². The van der Waals surface area contributed by atoms with Crippen molar-refractivity contribution in [3.05, 3.63) is 17.1 Å². The molecule has 0 spiro atoms. The zero-order valence-electron chi connectivity index (χ0n) is 14.7. The molecule has 6 nitrogen and oxygen atoms in total. The van der Waals surface area contributed by atoms with Crippen molar-refractivity contribution in [1.29, 1.82) is 0 Å². The van der Waals surface area contributed by atoms with Gasteiger partial charge in [0.25, 0.3) is 0 Å². The van der Waals surface area contributed by atoms with E-state index in [1.165, 1.54) is 0 Å². The summed E-state index contributed by atoms with van der Waals surface area (Å²) < 4.78 is 18.9. The Morgan fingerprint density at radius 3 is 2.43 bits per heavy atom. The number of hydrogen-bond donors (Lipinski definition) is 0. The molecule has 0 aliphatic carbocycles. The molecule has 1 saturated heterocycles. The molecule has 1 atom stereocenters. The minimum atomic E-state index is -0.535. The molecule has 0 radical (unpaired) electrons. The van der Waals surface area contributed by atoms with Gasteiger partial charge in [-0.2, -0.15) is 4.39 Å². The summed E-state index contributed by atoms with van der Waals surface area (Å²) in [6.45, 7) is 12.8. The van der Waals surface area contributed by atoms with E-state index in [2.05, 4.69) is 10.2 Å². The van der Waals surface area contributed by atoms with Crippen LogP contribution >= 0.6 is 0 Å². The third-order valence-electron chi connectivity index (χ3n) is 3.99. The average molecular weight is 324 g/mol. The van der Waals surface area contributed by atoms with Crippen molar-refractivity contribution in [2.75, 3.05) is 24.5 Å². The highest BCUT2D eigenvalue weighted by molar-refractivity contribution is 5.69. The maximum absolute atomic E-state index is 13.5. The van der Waals surface area contributed by atoms with Crippen LogP contribution in [0.5, 0.6) is 0 Å². The lowest BCUT2D eigenvalue weighted by Gasteiger charge is -2.41. The maximum Gasteiger partial charge on any atom is 0.410 e. The first-order valence-corrected chi connectivity index (χ1v) is 7.84. The Hall–Kier alpha value is -1.92. The smallest absolute Gasteiger partial charge is 0.410 e. The first-order chi connectivity index (χ1) is 10.6. The number of nitrogens with zero attached hydrogens (tertiary/aromatic N) is 4. The van der Waals surface area contributed by atoms with Crippen LogP contribution in [0.2, 0.25) is 0 Å². The van der Waals surface area contributed by atoms with Gasteiger partial charge in [0.2, 0.25) is 5.95 Å². The number of hydrogen-bond acceptors (Lipinski definition) is 5. The van der Waals surface area contributed by atoms with Gasteiger partial charge < -0.3 is 14.5 Å². The molecule has 1 fully saturated rings. The molecule has 2 heterocycles. The van der Waals surface area contributed by atoms with Crippen molar-refractivity contribution >= 4 is 11.9 Å². The van der Waals surface area contributed by atoms with Crippen molar-refractivity contribution < 1.29 is 13.9 Å². The molecular weight excluding hydrogens is 299 g/mol. The number of carbonyl (C=O) groups excluding carboxylic acids is 1. The van der Waals surface area contributed by atoms with Crippen LogP contribution in [0.3, 0.4) is 0 Å². The van der Waals surface area contributed by atoms with E-state index in [9.17, 15) is 9.18 Å². The molecule has 0 unspecified atom stereocenters. The first kappa shape index (κ1) is 17.4. The Balaban J connectivity index is 2.10. The van der Waals surface area contributed by atoms with Gasteiger partial charge in [0, 0.05) is 36.8 Å². The normalized spacial score (nSPS) is 19.0. The molecule has 0 N–H and O–H groups in total. The molecular formula is C16H25FN4O2. The second-order valence-electron chi connectivity index (χ2n) is 7.03. The van der Waals surface area contributed by atoms with E-state index in [1.54, 1.807) is 11.8 Å². The van der Waals surface area contributed by atoms with Crippen molar-refractivity contribution in [2.24, 2.45) is 0 Å². The average Bonchev–Trinajstić information content (AvgIpc) is 2.43. The van der Waals surface area contributed by atoms with Crippen LogP contribution in [0.25, 0.3) is 0 Å². The van der Waals surface area contributed by atoms with Crippen LogP contribution in [0.1, 0.15) is 38.8 Å². The molecule has 7 heteroatoms. The summed E-state index contributed by atoms with van der Waals surface area (Å²) in [5.74, 6) is 0.145. The molecule has 0 bridgehead atoms. The first-order valence-electron chi connectivity index (χ1n) is 7.84. The number of amides is 1. The summed E-state index contributed by atoms with van der Waals surface area (Å²) in [6.07, 6.45) is -0.303. The molecule has 1 aromatic rings. The minimum absolute atomic E-state index is 0.0230. The van der Waals surface area contributed by atoms with Crippen molar-refractivity contribution in [1.82, 2.24) is 15.1 Å². The molecule has 2 rings (SSSR count). The van der Waals surface area contributed by atoms with Crippen molar-refractivity contribution in [3.8, 4) is 0 Å². The van der Waals surface area contributed by atoms with E-state index in [1.807, 2.05) is 39.5 Å². The van der Waals surface area contributed by atoms with Gasteiger partial charge >= 0.3 is 6.09 Å². The molecule has 23 heavy (non-hydrogen) atoms. The molecule has 1 amide bonds. The van der Waals surface area contributed by atoms with E-state index in [0.29, 0.717) is 31.0 Å². The van der Waals surface area contributed by atoms with Gasteiger partial charge in [-0.15, -0.1) is 10.2 Å². The Bertz CT molecular complexity index is 600. The molecule has 128 valence electrons. The lowest BCUT2D eigenvalue weighted by atomic mass is 10.1. The van der Waals surface area contributed by atoms with E-state index in [4.69, 9.17) is 4.74 Å². The topological polar surface area (TPSA) is 58.6 Å². The quantitative estimate of drug-likeness (QED) is 0.795. The molecule has 0 aromatic carbocycles. The lowest BCUT2D eigenvalue weighted by Crippen LogP contribution is -2.55. The fraction of sp³-hybridized carbons (Fsp3) is 0.688. The van der Waals surface area contributed by atoms with Crippen LogP contribution in [-0.2, 0) is 4.74 Å². The lowest BCUT2D eigenvalue weighted by molar-refractivity contribution is 0.0158. The fourth-order valence-electron chi connectivity index (χ4n) is 2.61. The monoisotopic (exact) mass is 324 g/mol. The van der Waals surface area contributed by atoms with Crippen molar-refractivity contribution in [3.63, 3.8) is 0 Å². The predicted molar refractivity (Wildman–Crippen MR) is 86.1 cm³/mol. The van der Waals surface area contributed by atoms with E-state index in [0.717, 1.165) is 5.56 Å². The number of halogens is 1. The Morgan fingerprint density at radius 1 is 1.22 bits per heavy atom. The standard InChI is InChI=1S/C16H25FN4O2/c1-10-9-20(14-12(3)11(2)13(17)18-19-14)7-8-21(10)15(22)23-16(4,5)6/h10H,7-9H2,1-6H3/t10-/m0/s1. The predicted octanol–water partition coefficient (Wildman–Crippen LogP) is 2.68. The second kappa shape index (κ2) is 6.29. The van der Waals surface area contributed by atoms with Gasteiger partial charge in [-0.1, -0.05) is 0 Å². The Kier molecular flexibility index (Phi) is 4.77. The van der Waals surface area contributed by atoms with E-state index >= 15 is 0 Å². The summed E-state index contributed by atoms with van der Waals surface area (Å²) in [5, 5.41) is 7.57. The van der Waals surface area contributed by atoms with Gasteiger partial charge in [-0.3, -0.25) is 0 Å². The largest absolute Gasteiger partial charge is 0.444 e. The highest BCUT2D eigenvalue weighted by Gasteiger charge is 2.32. The fourth-order valence-corrected chi connectivity index (χ4v) is 2.61. The Labute approximate surface area is 136 Å². The van der Waals surface area contributed by atoms with Gasteiger partial charge in [-0.25, -0.2) is 4.79 Å². The summed E-state index contributed by atoms with van der Waals surface area (Å²) >= 11 is 0. The van der Waals surface area contributed by atoms with Crippen LogP contribution < -0.4 is 4.90 Å². The van der Waals surface area contributed by atoms with Gasteiger partial charge in [-0.05, 0) is 41.5 Å². The summed E-state index contributed by atoms with van der Waals surface area (Å²) in [6, 6.07) is -0.0230. The van der Waals surface area contributed by atoms with E-state index in [-0.39, 0.29) is 12.1 Å². The van der Waals surface area contributed by atoms with Crippen LogP contribution in [0.15, 0.2) is 0 Å². The molecule has 1 aromatic heterocycles. The molecule has 1 aliphatic rings. The number of carbonyl (C=O) groups is 1. The van der Waals surface area contributed by atoms with Gasteiger partial charge in [0.15, 0.2) is 5.82 Å². The number of aromatic nitrogens is 2. The number of anilines is 1. The van der Waals surface area contributed by atoms with Gasteiger partial charge in [0.05, 0.1) is 0 Å². The second-order valence-corrected chi connectivity index (χ2v) is 7.03. The molecule has 0 saturated carbocycles. The van der Waals surface area contributed by atoms with Crippen LogP contribution in [0, 0.1) is 19.8 Å². The third kappa shape index (κ3) is 3.89. The maximum atomic E-state index is 13.5. The summed E-state index contributed by atoms with van der Waals surface area (Å²) in [5.41, 5.74) is 0.789. The van der Waals surface area contributed by atoms with Crippen molar-refractivity contribution in [2.45, 2.75) is 53.2 Å². The van der Waals surface area contributed by atoms with E-state index < -0.39 is 11.5 Å². The highest BCUT2D eigenvalue weighted by Crippen LogP contribution is 2.24. The van der Waals surface area contributed by atoms with Crippen LogP contribution in [0.4, 0.5) is 15.0 Å². The Morgan fingerprint density at radius 2 is 1.87 bits per heavy atom. The number of piperazine rings is 1. The zero-order valence-corrected chi connectivity index (χ0v) is 14.7. The summed E-state index contributed by atoms with van der Waals surface area (Å²) in [4.78, 5) is 16.0. The summed E-state index contributed by atoms with van der Waals surface area (Å²) in [7, 11) is 0. The zero-order chi connectivity index (χ0) is 17.4. The number of rotatable bonds is 1. The number of ether oxygens (including phenoxy) is 1.